The maximum absolute atomic E-state index is 15.3. The maximum atomic E-state index is 15.3. The Morgan fingerprint density at radius 3 is 2.54 bits per heavy atom. The van der Waals surface area contributed by atoms with Crippen molar-refractivity contribution in [2.24, 2.45) is 0 Å². The first-order valence-corrected chi connectivity index (χ1v) is 12.4. The average Bonchev–Trinajstić information content (AvgIpc) is 2.81. The fraction of sp³-hybridized carbons (Fsp3) is 0.240. The van der Waals surface area contributed by atoms with Crippen LogP contribution in [-0.2, 0) is 14.8 Å². The second kappa shape index (κ2) is 10.3. The molecule has 3 aromatic carbocycles. The van der Waals surface area contributed by atoms with Gasteiger partial charge >= 0.3 is 12.6 Å². The van der Waals surface area contributed by atoms with Crippen molar-refractivity contribution in [2.45, 2.75) is 37.4 Å². The zero-order chi connectivity index (χ0) is 26.9. The van der Waals surface area contributed by atoms with Gasteiger partial charge in [-0.1, -0.05) is 12.1 Å². The third-order valence-corrected chi connectivity index (χ3v) is 7.41. The Hall–Kier alpha value is -3.80. The van der Waals surface area contributed by atoms with E-state index in [-0.39, 0.29) is 41.1 Å². The highest BCUT2D eigenvalue weighted by Gasteiger charge is 2.37. The van der Waals surface area contributed by atoms with Crippen LogP contribution >= 0.6 is 0 Å². The molecule has 0 bridgehead atoms. The average molecular weight is 540 g/mol. The minimum Gasteiger partial charge on any atom is -0.483 e. The minimum atomic E-state index is -4.28. The zero-order valence-corrected chi connectivity index (χ0v) is 20.1. The second-order valence-electron chi connectivity index (χ2n) is 8.39. The number of benzene rings is 3. The lowest BCUT2D eigenvalue weighted by molar-refractivity contribution is -0.137. The number of ether oxygens (including phenoxy) is 2. The van der Waals surface area contributed by atoms with E-state index in [4.69, 9.17) is 9.84 Å². The Morgan fingerprint density at radius 2 is 1.86 bits per heavy atom. The summed E-state index contributed by atoms with van der Waals surface area (Å²) in [4.78, 5) is 11.0. The molecular formula is C25H21F4NO6S. The van der Waals surface area contributed by atoms with Gasteiger partial charge in [0, 0.05) is 12.5 Å². The van der Waals surface area contributed by atoms with Crippen LogP contribution in [0.3, 0.4) is 0 Å². The van der Waals surface area contributed by atoms with Crippen molar-refractivity contribution < 1.29 is 45.4 Å². The van der Waals surface area contributed by atoms with Crippen LogP contribution in [0.15, 0.2) is 59.5 Å². The van der Waals surface area contributed by atoms with E-state index in [2.05, 4.69) is 4.74 Å². The van der Waals surface area contributed by atoms with Gasteiger partial charge in [0.25, 0.3) is 10.0 Å². The predicted octanol–water partition coefficient (Wildman–Crippen LogP) is 5.36. The Bertz CT molecular complexity index is 1450. The molecule has 1 heterocycles. The van der Waals surface area contributed by atoms with Crippen LogP contribution in [0.5, 0.6) is 11.5 Å². The van der Waals surface area contributed by atoms with Gasteiger partial charge in [0.05, 0.1) is 17.1 Å². The van der Waals surface area contributed by atoms with E-state index in [0.717, 1.165) is 28.6 Å². The molecule has 0 saturated carbocycles. The number of rotatable bonds is 8. The van der Waals surface area contributed by atoms with Crippen molar-refractivity contribution in [3.8, 4) is 22.6 Å². The van der Waals surface area contributed by atoms with Gasteiger partial charge in [-0.05, 0) is 66.4 Å². The summed E-state index contributed by atoms with van der Waals surface area (Å²) in [5, 5.41) is 9.04. The lowest BCUT2D eigenvalue weighted by Gasteiger charge is -2.36. The maximum Gasteiger partial charge on any atom is 0.387 e. The number of fused-ring (bicyclic) bond motifs is 1. The first-order valence-electron chi connectivity index (χ1n) is 11.0. The lowest BCUT2D eigenvalue weighted by atomic mass is 10.0. The first-order chi connectivity index (χ1) is 17.4. The summed E-state index contributed by atoms with van der Waals surface area (Å²) in [5.41, 5.74) is 0.386. The molecule has 3 aromatic rings. The number of aryl methyl sites for hydroxylation is 1. The number of carboxylic acid groups (broad SMARTS) is 1. The molecular weight excluding hydrogens is 518 g/mol. The summed E-state index contributed by atoms with van der Waals surface area (Å²) >= 11 is 0. The number of hydrogen-bond donors (Lipinski definition) is 1. The number of sulfonamides is 1. The van der Waals surface area contributed by atoms with Crippen molar-refractivity contribution in [2.75, 3.05) is 10.8 Å². The van der Waals surface area contributed by atoms with Crippen LogP contribution in [0.2, 0.25) is 0 Å². The molecule has 37 heavy (non-hydrogen) atoms. The Labute approximate surface area is 209 Å². The van der Waals surface area contributed by atoms with E-state index in [1.54, 1.807) is 19.1 Å². The van der Waals surface area contributed by atoms with Gasteiger partial charge in [0.1, 0.15) is 17.7 Å². The zero-order valence-electron chi connectivity index (χ0n) is 19.3. The molecule has 0 amide bonds. The fourth-order valence-corrected chi connectivity index (χ4v) is 5.60. The van der Waals surface area contributed by atoms with Gasteiger partial charge in [-0.25, -0.2) is 17.2 Å². The minimum absolute atomic E-state index is 0.0214. The summed E-state index contributed by atoms with van der Waals surface area (Å²) in [7, 11) is -4.28. The van der Waals surface area contributed by atoms with Gasteiger partial charge < -0.3 is 14.6 Å². The van der Waals surface area contributed by atoms with Gasteiger partial charge in [0.15, 0.2) is 11.6 Å². The molecule has 0 spiro atoms. The first kappa shape index (κ1) is 26.3. The van der Waals surface area contributed by atoms with Gasteiger partial charge in [0.2, 0.25) is 0 Å². The number of anilines is 1. The number of hydrogen-bond acceptors (Lipinski definition) is 5. The van der Waals surface area contributed by atoms with E-state index in [1.165, 1.54) is 18.2 Å². The molecule has 0 radical (unpaired) electrons. The Kier molecular flexibility index (Phi) is 7.30. The normalized spacial score (nSPS) is 15.3. The molecule has 0 aliphatic carbocycles. The number of carbonyl (C=O) groups is 1. The SMILES string of the molecule is Cc1cccc(S(=O)(=O)N2C[C@H](CCC(=O)O)Oc3c(F)cc(-c4cc(F)cc(OC(F)F)c4)cc32)c1. The standard InChI is InChI=1S/C25H21F4NO6S/c1-14-3-2-4-20(7-14)37(33,34)30-13-18(5-6-23(31)32)35-24-21(27)10-16(11-22(24)30)15-8-17(26)12-19(9-15)36-25(28)29/h2-4,7-12,18,25H,5-6,13H2,1H3,(H,31,32)/t18-/m0/s1. The third-order valence-electron chi connectivity index (χ3n) is 5.63. The molecule has 0 saturated heterocycles. The monoisotopic (exact) mass is 539 g/mol. The van der Waals surface area contributed by atoms with Gasteiger partial charge in [-0.15, -0.1) is 0 Å². The number of nitrogens with zero attached hydrogens (tertiary/aromatic N) is 1. The number of carboxylic acids is 1. The predicted molar refractivity (Wildman–Crippen MR) is 125 cm³/mol. The van der Waals surface area contributed by atoms with Crippen LogP contribution in [0.4, 0.5) is 23.2 Å². The van der Waals surface area contributed by atoms with Crippen molar-refractivity contribution in [1.82, 2.24) is 0 Å². The molecule has 0 fully saturated rings. The van der Waals surface area contributed by atoms with Crippen molar-refractivity contribution in [3.63, 3.8) is 0 Å². The molecule has 1 atom stereocenters. The number of aliphatic carboxylic acids is 1. The van der Waals surface area contributed by atoms with Crippen molar-refractivity contribution >= 4 is 21.7 Å². The molecule has 1 aliphatic heterocycles. The fourth-order valence-electron chi connectivity index (χ4n) is 4.00. The van der Waals surface area contributed by atoms with Gasteiger partial charge in [-0.2, -0.15) is 8.78 Å². The number of alkyl halides is 2. The molecule has 1 aliphatic rings. The highest BCUT2D eigenvalue weighted by Crippen LogP contribution is 2.43. The summed E-state index contributed by atoms with van der Waals surface area (Å²) < 4.78 is 92.9. The topological polar surface area (TPSA) is 93.1 Å². The van der Waals surface area contributed by atoms with E-state index in [1.807, 2.05) is 0 Å². The highest BCUT2D eigenvalue weighted by molar-refractivity contribution is 7.92. The summed E-state index contributed by atoms with van der Waals surface area (Å²) in [5.74, 6) is -4.00. The summed E-state index contributed by atoms with van der Waals surface area (Å²) in [6.45, 7) is -1.84. The highest BCUT2D eigenvalue weighted by atomic mass is 32.2. The summed E-state index contributed by atoms with van der Waals surface area (Å²) in [6.07, 6.45) is -1.40. The van der Waals surface area contributed by atoms with Crippen LogP contribution in [0.25, 0.3) is 11.1 Å². The van der Waals surface area contributed by atoms with Crippen molar-refractivity contribution in [1.29, 1.82) is 0 Å². The second-order valence-corrected chi connectivity index (χ2v) is 10.2. The Morgan fingerprint density at radius 1 is 1.14 bits per heavy atom. The molecule has 0 aromatic heterocycles. The van der Waals surface area contributed by atoms with E-state index in [9.17, 15) is 26.4 Å². The largest absolute Gasteiger partial charge is 0.483 e. The van der Waals surface area contributed by atoms with Crippen LogP contribution in [-0.4, -0.2) is 38.8 Å². The molecule has 196 valence electrons. The van der Waals surface area contributed by atoms with Crippen LogP contribution in [0.1, 0.15) is 18.4 Å². The molecule has 0 unspecified atom stereocenters. The Balaban J connectivity index is 1.85. The van der Waals surface area contributed by atoms with E-state index in [0.29, 0.717) is 5.56 Å². The van der Waals surface area contributed by atoms with Crippen molar-refractivity contribution in [3.05, 3.63) is 71.8 Å². The number of halogens is 4. The van der Waals surface area contributed by atoms with Gasteiger partial charge in [-0.3, -0.25) is 9.10 Å². The van der Waals surface area contributed by atoms with E-state index >= 15 is 4.39 Å². The van der Waals surface area contributed by atoms with Crippen LogP contribution in [0, 0.1) is 18.6 Å². The van der Waals surface area contributed by atoms with Crippen LogP contribution < -0.4 is 13.8 Å². The molecule has 4 rings (SSSR count). The lowest BCUT2D eigenvalue weighted by Crippen LogP contribution is -2.44. The smallest absolute Gasteiger partial charge is 0.387 e. The third kappa shape index (κ3) is 5.79. The van der Waals surface area contributed by atoms with E-state index < -0.39 is 51.8 Å². The summed E-state index contributed by atoms with van der Waals surface area (Å²) in [6, 6.07) is 11.0. The quantitative estimate of drug-likeness (QED) is 0.388. The molecule has 1 N–H and O–H groups in total. The molecule has 7 nitrogen and oxygen atoms in total. The molecule has 12 heteroatoms.